The lowest BCUT2D eigenvalue weighted by Crippen LogP contribution is -2.25. The molecule has 0 fully saturated rings. The van der Waals surface area contributed by atoms with Crippen molar-refractivity contribution in [3.63, 3.8) is 0 Å². The summed E-state index contributed by atoms with van der Waals surface area (Å²) in [5.74, 6) is -0.534. The van der Waals surface area contributed by atoms with Crippen LogP contribution in [0.4, 0.5) is 5.69 Å². The van der Waals surface area contributed by atoms with Crippen LogP contribution in [0.1, 0.15) is 17.5 Å². The van der Waals surface area contributed by atoms with Crippen molar-refractivity contribution in [3.8, 4) is 6.07 Å². The van der Waals surface area contributed by atoms with Crippen LogP contribution in [0.5, 0.6) is 0 Å². The van der Waals surface area contributed by atoms with Gasteiger partial charge >= 0.3 is 0 Å². The van der Waals surface area contributed by atoms with E-state index in [1.54, 1.807) is 12.1 Å². The lowest BCUT2D eigenvalue weighted by atomic mass is 10.1. The van der Waals surface area contributed by atoms with Gasteiger partial charge in [0.25, 0.3) is 11.6 Å². The third kappa shape index (κ3) is 5.29. The molecule has 2 aromatic carbocycles. The Labute approximate surface area is 145 Å². The van der Waals surface area contributed by atoms with E-state index < -0.39 is 10.8 Å². The second-order valence-corrected chi connectivity index (χ2v) is 5.33. The maximum Gasteiger partial charge on any atom is 0.276 e. The van der Waals surface area contributed by atoms with Gasteiger partial charge in [0, 0.05) is 12.6 Å². The minimum absolute atomic E-state index is 0.146. The molecule has 0 aliphatic carbocycles. The van der Waals surface area contributed by atoms with E-state index in [1.807, 2.05) is 30.3 Å². The number of hydrogen-bond acceptors (Lipinski definition) is 4. The summed E-state index contributed by atoms with van der Waals surface area (Å²) < 4.78 is 0. The molecule has 0 atom stereocenters. The molecule has 0 bridgehead atoms. The van der Waals surface area contributed by atoms with Crippen molar-refractivity contribution in [2.24, 2.45) is 0 Å². The summed E-state index contributed by atoms with van der Waals surface area (Å²) in [6.07, 6.45) is 2.79. The first-order valence-corrected chi connectivity index (χ1v) is 7.79. The van der Waals surface area contributed by atoms with E-state index in [0.29, 0.717) is 6.54 Å². The fourth-order valence-corrected chi connectivity index (χ4v) is 2.31. The van der Waals surface area contributed by atoms with Gasteiger partial charge in [-0.25, -0.2) is 0 Å². The van der Waals surface area contributed by atoms with Gasteiger partial charge < -0.3 is 5.32 Å². The first-order chi connectivity index (χ1) is 12.1. The highest BCUT2D eigenvalue weighted by molar-refractivity contribution is 6.02. The van der Waals surface area contributed by atoms with E-state index in [0.717, 1.165) is 12.8 Å². The van der Waals surface area contributed by atoms with Gasteiger partial charge in [0.2, 0.25) is 0 Å². The Bertz CT molecular complexity index is 823. The van der Waals surface area contributed by atoms with E-state index in [2.05, 4.69) is 5.32 Å². The molecule has 0 spiro atoms. The Morgan fingerprint density at radius 1 is 1.16 bits per heavy atom. The van der Waals surface area contributed by atoms with Gasteiger partial charge in [0.15, 0.2) is 0 Å². The molecule has 0 heterocycles. The Hall–Kier alpha value is -3.46. The first-order valence-electron chi connectivity index (χ1n) is 7.79. The van der Waals surface area contributed by atoms with Crippen molar-refractivity contribution in [1.29, 1.82) is 5.26 Å². The van der Waals surface area contributed by atoms with Crippen LogP contribution in [-0.4, -0.2) is 17.4 Å². The molecule has 0 radical (unpaired) electrons. The number of aryl methyl sites for hydroxylation is 1. The number of nitro benzene ring substituents is 1. The number of nitro groups is 1. The predicted octanol–water partition coefficient (Wildman–Crippen LogP) is 3.25. The maximum absolute atomic E-state index is 12.1. The van der Waals surface area contributed by atoms with E-state index in [1.165, 1.54) is 29.8 Å². The summed E-state index contributed by atoms with van der Waals surface area (Å²) in [6, 6.07) is 17.7. The molecular weight excluding hydrogens is 318 g/mol. The van der Waals surface area contributed by atoms with Crippen molar-refractivity contribution >= 4 is 17.7 Å². The second-order valence-electron chi connectivity index (χ2n) is 5.33. The fourth-order valence-electron chi connectivity index (χ4n) is 2.31. The summed E-state index contributed by atoms with van der Waals surface area (Å²) in [4.78, 5) is 22.6. The van der Waals surface area contributed by atoms with Crippen molar-refractivity contribution in [2.75, 3.05) is 6.54 Å². The van der Waals surface area contributed by atoms with Gasteiger partial charge in [-0.2, -0.15) is 5.26 Å². The predicted molar refractivity (Wildman–Crippen MR) is 94.5 cm³/mol. The zero-order valence-electron chi connectivity index (χ0n) is 13.5. The summed E-state index contributed by atoms with van der Waals surface area (Å²) in [6.45, 7) is 0.420. The van der Waals surface area contributed by atoms with Gasteiger partial charge in [-0.05, 0) is 30.5 Å². The van der Waals surface area contributed by atoms with Crippen molar-refractivity contribution in [3.05, 3.63) is 81.4 Å². The molecule has 0 saturated heterocycles. The molecule has 6 nitrogen and oxygen atoms in total. The number of benzene rings is 2. The lowest BCUT2D eigenvalue weighted by molar-refractivity contribution is -0.385. The number of rotatable bonds is 7. The van der Waals surface area contributed by atoms with Crippen LogP contribution < -0.4 is 5.32 Å². The second kappa shape index (κ2) is 8.99. The van der Waals surface area contributed by atoms with Crippen molar-refractivity contribution in [1.82, 2.24) is 5.32 Å². The molecule has 0 aromatic heterocycles. The third-order valence-electron chi connectivity index (χ3n) is 3.57. The molecular formula is C19H17N3O3. The largest absolute Gasteiger partial charge is 0.351 e. The van der Waals surface area contributed by atoms with Gasteiger partial charge in [-0.1, -0.05) is 42.5 Å². The number of nitrogens with zero attached hydrogens (tertiary/aromatic N) is 2. The number of carbonyl (C=O) groups excluding carboxylic acids is 1. The van der Waals surface area contributed by atoms with E-state index in [-0.39, 0.29) is 16.8 Å². The first kappa shape index (κ1) is 17.9. The highest BCUT2D eigenvalue weighted by Gasteiger charge is 2.14. The van der Waals surface area contributed by atoms with Gasteiger partial charge in [-0.15, -0.1) is 0 Å². The minimum atomic E-state index is -0.543. The third-order valence-corrected chi connectivity index (χ3v) is 3.57. The quantitative estimate of drug-likeness (QED) is 0.276. The maximum atomic E-state index is 12.1. The summed E-state index contributed by atoms with van der Waals surface area (Å²) in [5.41, 5.74) is 1.09. The summed E-state index contributed by atoms with van der Waals surface area (Å²) in [7, 11) is 0. The molecule has 0 aliphatic heterocycles. The van der Waals surface area contributed by atoms with E-state index >= 15 is 0 Å². The smallest absolute Gasteiger partial charge is 0.276 e. The molecule has 6 heteroatoms. The highest BCUT2D eigenvalue weighted by Crippen LogP contribution is 2.20. The number of amides is 1. The van der Waals surface area contributed by atoms with Crippen LogP contribution in [0.2, 0.25) is 0 Å². The molecule has 0 saturated carbocycles. The average molecular weight is 335 g/mol. The zero-order valence-corrected chi connectivity index (χ0v) is 13.5. The van der Waals surface area contributed by atoms with Gasteiger partial charge in [0.05, 0.1) is 10.5 Å². The van der Waals surface area contributed by atoms with Crippen LogP contribution in [-0.2, 0) is 11.2 Å². The molecule has 2 rings (SSSR count). The minimum Gasteiger partial charge on any atom is -0.351 e. The Balaban J connectivity index is 1.97. The van der Waals surface area contributed by atoms with E-state index in [9.17, 15) is 20.2 Å². The molecule has 1 amide bonds. The number of para-hydroxylation sites is 1. The number of nitrogens with one attached hydrogen (secondary N) is 1. The lowest BCUT2D eigenvalue weighted by Gasteiger charge is -2.05. The topological polar surface area (TPSA) is 96.0 Å². The Morgan fingerprint density at radius 3 is 2.52 bits per heavy atom. The highest BCUT2D eigenvalue weighted by atomic mass is 16.6. The summed E-state index contributed by atoms with van der Waals surface area (Å²) in [5, 5.41) is 22.8. The Kier molecular flexibility index (Phi) is 6.43. The van der Waals surface area contributed by atoms with Crippen LogP contribution in [0.15, 0.2) is 60.2 Å². The monoisotopic (exact) mass is 335 g/mol. The van der Waals surface area contributed by atoms with Crippen LogP contribution in [0, 0.1) is 21.4 Å². The number of nitriles is 1. The number of carbonyl (C=O) groups is 1. The molecule has 0 aliphatic rings. The standard InChI is InChI=1S/C19H17N3O3/c20-14-17(13-16-10-4-5-11-18(16)22(24)25)19(23)21-12-6-9-15-7-2-1-3-8-15/h1-5,7-8,10-11,13H,6,9,12H2,(H,21,23)/b17-13-. The van der Waals surface area contributed by atoms with Crippen LogP contribution in [0.25, 0.3) is 6.08 Å². The Morgan fingerprint density at radius 2 is 1.84 bits per heavy atom. The van der Waals surface area contributed by atoms with Gasteiger partial charge in [-0.3, -0.25) is 14.9 Å². The van der Waals surface area contributed by atoms with Crippen molar-refractivity contribution in [2.45, 2.75) is 12.8 Å². The molecule has 25 heavy (non-hydrogen) atoms. The normalized spacial score (nSPS) is 10.8. The van der Waals surface area contributed by atoms with Crippen molar-refractivity contribution < 1.29 is 9.72 Å². The molecule has 0 unspecified atom stereocenters. The molecule has 1 N–H and O–H groups in total. The van der Waals surface area contributed by atoms with Crippen LogP contribution in [0.3, 0.4) is 0 Å². The molecule has 126 valence electrons. The van der Waals surface area contributed by atoms with Crippen LogP contribution >= 0.6 is 0 Å². The zero-order chi connectivity index (χ0) is 18.1. The number of hydrogen-bond donors (Lipinski definition) is 1. The fraction of sp³-hybridized carbons (Fsp3) is 0.158. The van der Waals surface area contributed by atoms with Gasteiger partial charge in [0.1, 0.15) is 11.6 Å². The van der Waals surface area contributed by atoms with E-state index in [4.69, 9.17) is 0 Å². The molecule has 2 aromatic rings. The SMILES string of the molecule is N#C/C(=C/c1ccccc1[N+](=O)[O-])C(=O)NCCCc1ccccc1. The summed E-state index contributed by atoms with van der Waals surface area (Å²) >= 11 is 0. The average Bonchev–Trinajstić information content (AvgIpc) is 2.64.